The first-order valence-electron chi connectivity index (χ1n) is 18.6. The Hall–Kier alpha value is -6.64. The van der Waals surface area contributed by atoms with E-state index in [1.807, 2.05) is 0 Å². The highest BCUT2D eigenvalue weighted by atomic mass is 15.0. The number of hydrogen-bond acceptors (Lipinski definition) is 0. The highest BCUT2D eigenvalue weighted by Gasteiger charge is 2.19. The van der Waals surface area contributed by atoms with Crippen molar-refractivity contribution in [1.82, 2.24) is 9.13 Å². The summed E-state index contributed by atoms with van der Waals surface area (Å²) in [5.41, 5.74) is 16.2. The lowest BCUT2D eigenvalue weighted by atomic mass is 9.90. The zero-order valence-electron chi connectivity index (χ0n) is 29.7. The van der Waals surface area contributed by atoms with E-state index in [1.54, 1.807) is 0 Å². The minimum atomic E-state index is 0.980. The second-order valence-corrected chi connectivity index (χ2v) is 14.2. The number of rotatable bonds is 5. The van der Waals surface area contributed by atoms with E-state index in [-0.39, 0.29) is 0 Å². The van der Waals surface area contributed by atoms with Crippen LogP contribution in [-0.2, 0) is 0 Å². The van der Waals surface area contributed by atoms with Crippen LogP contribution in [0.4, 0.5) is 0 Å². The summed E-state index contributed by atoms with van der Waals surface area (Å²) >= 11 is 0. The molecule has 0 saturated carbocycles. The van der Waals surface area contributed by atoms with Crippen LogP contribution in [0.3, 0.4) is 0 Å². The molecule has 7 aromatic carbocycles. The van der Waals surface area contributed by atoms with Gasteiger partial charge in [0.15, 0.2) is 0 Å². The van der Waals surface area contributed by atoms with Gasteiger partial charge in [-0.25, -0.2) is 0 Å². The molecular weight excluding hydrogens is 641 g/mol. The van der Waals surface area contributed by atoms with Crippen LogP contribution in [-0.4, -0.2) is 9.13 Å². The predicted molar refractivity (Wildman–Crippen MR) is 226 cm³/mol. The first-order valence-corrected chi connectivity index (χ1v) is 18.6. The van der Waals surface area contributed by atoms with Gasteiger partial charge in [-0.1, -0.05) is 133 Å². The third-order valence-electron chi connectivity index (χ3n) is 11.0. The first-order chi connectivity index (χ1) is 26.2. The van der Waals surface area contributed by atoms with Crippen molar-refractivity contribution in [2.24, 2.45) is 0 Å². The molecule has 1 aliphatic rings. The van der Waals surface area contributed by atoms with Crippen molar-refractivity contribution in [1.29, 1.82) is 0 Å². The van der Waals surface area contributed by atoms with Gasteiger partial charge in [-0.3, -0.25) is 0 Å². The third-order valence-corrected chi connectivity index (χ3v) is 11.0. The molecule has 0 atom stereocenters. The Kier molecular flexibility index (Phi) is 7.54. The standard InChI is InChI=1S/C51H38N2/c1-35-25-26-38(36-15-5-2-6-16-36)31-42(34-45(35)37-17-7-3-8-18-37)53-49-24-14-12-22-44(49)47-33-40(28-30-51(47)53)39-27-29-50-46(32-39)43-21-11-13-23-48(43)52(50)41-19-9-4-10-20-41/h2-24,27-34H,25-26H2,1H3/b38-31+,42-34+,45-35-. The van der Waals surface area contributed by atoms with Gasteiger partial charge < -0.3 is 9.13 Å². The Labute approximate surface area is 309 Å². The Morgan fingerprint density at radius 2 is 0.868 bits per heavy atom. The van der Waals surface area contributed by atoms with E-state index < -0.39 is 0 Å². The molecule has 9 aromatic rings. The minimum absolute atomic E-state index is 0.980. The van der Waals surface area contributed by atoms with Crippen LogP contribution < -0.4 is 0 Å². The summed E-state index contributed by atoms with van der Waals surface area (Å²) in [5, 5.41) is 5.04. The van der Waals surface area contributed by atoms with E-state index >= 15 is 0 Å². The second-order valence-electron chi connectivity index (χ2n) is 14.2. The fourth-order valence-electron chi connectivity index (χ4n) is 8.42. The maximum atomic E-state index is 2.48. The predicted octanol–water partition coefficient (Wildman–Crippen LogP) is 13.8. The smallest absolute Gasteiger partial charge is 0.0541 e. The van der Waals surface area contributed by atoms with Crippen LogP contribution in [0, 0.1) is 0 Å². The fraction of sp³-hybridized carbons (Fsp3) is 0.0588. The van der Waals surface area contributed by atoms with Gasteiger partial charge in [-0.05, 0) is 114 Å². The van der Waals surface area contributed by atoms with E-state index in [9.17, 15) is 0 Å². The van der Waals surface area contributed by atoms with Crippen molar-refractivity contribution in [3.05, 3.63) is 205 Å². The molecule has 2 nitrogen and oxygen atoms in total. The van der Waals surface area contributed by atoms with E-state index in [4.69, 9.17) is 0 Å². The molecule has 0 N–H and O–H groups in total. The van der Waals surface area contributed by atoms with Crippen LogP contribution >= 0.6 is 0 Å². The number of aromatic nitrogens is 2. The van der Waals surface area contributed by atoms with Crippen molar-refractivity contribution < 1.29 is 0 Å². The Morgan fingerprint density at radius 1 is 0.377 bits per heavy atom. The molecular formula is C51H38N2. The van der Waals surface area contributed by atoms with Crippen molar-refractivity contribution in [3.8, 4) is 16.8 Å². The van der Waals surface area contributed by atoms with E-state index in [2.05, 4.69) is 204 Å². The quantitative estimate of drug-likeness (QED) is 0.171. The van der Waals surface area contributed by atoms with Crippen LogP contribution in [0.5, 0.6) is 0 Å². The summed E-state index contributed by atoms with van der Waals surface area (Å²) in [4.78, 5) is 0. The zero-order valence-corrected chi connectivity index (χ0v) is 29.7. The monoisotopic (exact) mass is 678 g/mol. The third kappa shape index (κ3) is 5.34. The summed E-state index contributed by atoms with van der Waals surface area (Å²) < 4.78 is 4.86. The average molecular weight is 679 g/mol. The molecule has 0 bridgehead atoms. The molecule has 0 unspecified atom stereocenters. The first kappa shape index (κ1) is 31.1. The molecule has 0 radical (unpaired) electrons. The highest BCUT2D eigenvalue weighted by molar-refractivity contribution is 6.14. The largest absolute Gasteiger partial charge is 0.309 e. The van der Waals surface area contributed by atoms with Gasteiger partial charge >= 0.3 is 0 Å². The van der Waals surface area contributed by atoms with Crippen molar-refractivity contribution >= 4 is 60.5 Å². The maximum absolute atomic E-state index is 2.48. The van der Waals surface area contributed by atoms with Gasteiger partial charge in [-0.2, -0.15) is 0 Å². The van der Waals surface area contributed by atoms with Crippen LogP contribution in [0.25, 0.3) is 77.3 Å². The van der Waals surface area contributed by atoms with Crippen LogP contribution in [0.15, 0.2) is 194 Å². The summed E-state index contributed by atoms with van der Waals surface area (Å²) in [5.74, 6) is 0. The fourth-order valence-corrected chi connectivity index (χ4v) is 8.42. The maximum Gasteiger partial charge on any atom is 0.0541 e. The summed E-state index contributed by atoms with van der Waals surface area (Å²) in [6, 6.07) is 64.1. The summed E-state index contributed by atoms with van der Waals surface area (Å²) in [6.07, 6.45) is 6.84. The molecule has 0 amide bonds. The Morgan fingerprint density at radius 3 is 1.49 bits per heavy atom. The molecule has 0 aliphatic heterocycles. The number of hydrogen-bond donors (Lipinski definition) is 0. The summed E-state index contributed by atoms with van der Waals surface area (Å²) in [7, 11) is 0. The minimum Gasteiger partial charge on any atom is -0.309 e. The Bertz CT molecular complexity index is 2920. The molecule has 252 valence electrons. The van der Waals surface area contributed by atoms with Gasteiger partial charge in [0.2, 0.25) is 0 Å². The van der Waals surface area contributed by atoms with E-state index in [0.717, 1.165) is 12.8 Å². The van der Waals surface area contributed by atoms with E-state index in [0.29, 0.717) is 0 Å². The van der Waals surface area contributed by atoms with Gasteiger partial charge in [0.1, 0.15) is 0 Å². The highest BCUT2D eigenvalue weighted by Crippen LogP contribution is 2.40. The number of para-hydroxylation sites is 3. The Balaban J connectivity index is 1.18. The molecule has 0 fully saturated rings. The zero-order chi connectivity index (χ0) is 35.3. The molecule has 0 spiro atoms. The number of allylic oxidation sites excluding steroid dienone is 6. The summed E-state index contributed by atoms with van der Waals surface area (Å²) in [6.45, 7) is 2.30. The van der Waals surface area contributed by atoms with Crippen molar-refractivity contribution in [2.45, 2.75) is 19.8 Å². The lowest BCUT2D eigenvalue weighted by molar-refractivity contribution is 0.992. The van der Waals surface area contributed by atoms with Crippen LogP contribution in [0.1, 0.15) is 30.9 Å². The normalized spacial score (nSPS) is 17.1. The van der Waals surface area contributed by atoms with Crippen molar-refractivity contribution in [2.75, 3.05) is 0 Å². The van der Waals surface area contributed by atoms with Gasteiger partial charge in [0, 0.05) is 32.9 Å². The number of benzene rings is 7. The van der Waals surface area contributed by atoms with Crippen molar-refractivity contribution in [3.63, 3.8) is 0 Å². The SMILES string of the molecule is C\C1=C(c2ccccc2)/C=C(n2c3ccccc3c3cc(-c4ccc5c(c4)c4ccccc4n5-c4ccccc4)ccc32)\C=C(\c2ccccc2)CC1. The number of fused-ring (bicyclic) bond motifs is 6. The molecule has 0 saturated heterocycles. The molecule has 2 aromatic heterocycles. The van der Waals surface area contributed by atoms with Gasteiger partial charge in [0.25, 0.3) is 0 Å². The topological polar surface area (TPSA) is 9.86 Å². The molecule has 1 aliphatic carbocycles. The van der Waals surface area contributed by atoms with E-state index in [1.165, 1.54) is 94.0 Å². The molecule has 53 heavy (non-hydrogen) atoms. The molecule has 2 heterocycles. The average Bonchev–Trinajstić information content (AvgIpc) is 3.73. The van der Waals surface area contributed by atoms with Gasteiger partial charge in [-0.15, -0.1) is 0 Å². The molecule has 10 rings (SSSR count). The number of nitrogens with zero attached hydrogens (tertiary/aromatic N) is 2. The molecule has 2 heteroatoms. The lowest BCUT2D eigenvalue weighted by Crippen LogP contribution is -2.01. The second kappa shape index (κ2) is 12.8. The van der Waals surface area contributed by atoms with Crippen LogP contribution in [0.2, 0.25) is 0 Å². The van der Waals surface area contributed by atoms with Gasteiger partial charge in [0.05, 0.1) is 22.1 Å². The lowest BCUT2D eigenvalue weighted by Gasteiger charge is -2.19.